The molecule has 1 heterocycles. The molecule has 1 aromatic rings. The van der Waals surface area contributed by atoms with Crippen molar-refractivity contribution in [1.29, 1.82) is 0 Å². The highest BCUT2D eigenvalue weighted by Crippen LogP contribution is 2.34. The van der Waals surface area contributed by atoms with Gasteiger partial charge in [-0.3, -0.25) is 9.88 Å². The Morgan fingerprint density at radius 3 is 2.60 bits per heavy atom. The molecule has 2 rings (SSSR count). The Kier molecular flexibility index (Phi) is 5.55. The maximum atomic E-state index is 6.19. The molecule has 112 valence electrons. The molecule has 20 heavy (non-hydrogen) atoms. The third kappa shape index (κ3) is 3.58. The number of hydrogen-bond acceptors (Lipinski definition) is 3. The van der Waals surface area contributed by atoms with Crippen LogP contribution in [0.1, 0.15) is 56.8 Å². The highest BCUT2D eigenvalue weighted by Gasteiger charge is 2.36. The largest absolute Gasteiger partial charge is 0.329 e. The summed E-state index contributed by atoms with van der Waals surface area (Å²) in [6.45, 7) is 7.15. The second kappa shape index (κ2) is 7.19. The summed E-state index contributed by atoms with van der Waals surface area (Å²) in [4.78, 5) is 7.28. The summed E-state index contributed by atoms with van der Waals surface area (Å²) in [6.07, 6.45) is 7.67. The SMILES string of the molecule is CCCN(Cc1cccc(C)n1)C1(CN)CCCCC1. The van der Waals surface area contributed by atoms with Crippen molar-refractivity contribution in [2.75, 3.05) is 13.1 Å². The van der Waals surface area contributed by atoms with Crippen molar-refractivity contribution >= 4 is 0 Å². The van der Waals surface area contributed by atoms with Gasteiger partial charge in [-0.1, -0.05) is 32.3 Å². The van der Waals surface area contributed by atoms with Gasteiger partial charge in [-0.15, -0.1) is 0 Å². The van der Waals surface area contributed by atoms with Crippen LogP contribution in [-0.4, -0.2) is 28.5 Å². The average Bonchev–Trinajstić information content (AvgIpc) is 2.47. The van der Waals surface area contributed by atoms with Gasteiger partial charge >= 0.3 is 0 Å². The maximum absolute atomic E-state index is 6.19. The molecular weight excluding hydrogens is 246 g/mol. The van der Waals surface area contributed by atoms with E-state index in [1.54, 1.807) is 0 Å². The lowest BCUT2D eigenvalue weighted by Gasteiger charge is -2.46. The van der Waals surface area contributed by atoms with Crippen molar-refractivity contribution in [3.63, 3.8) is 0 Å². The first-order valence-electron chi connectivity index (χ1n) is 8.08. The van der Waals surface area contributed by atoms with Gasteiger partial charge < -0.3 is 5.73 Å². The van der Waals surface area contributed by atoms with E-state index in [1.807, 2.05) is 0 Å². The van der Waals surface area contributed by atoms with E-state index < -0.39 is 0 Å². The summed E-state index contributed by atoms with van der Waals surface area (Å²) in [5, 5.41) is 0. The summed E-state index contributed by atoms with van der Waals surface area (Å²) in [5.41, 5.74) is 8.68. The Bertz CT molecular complexity index is 410. The lowest BCUT2D eigenvalue weighted by Crippen LogP contribution is -2.54. The molecule has 0 aliphatic heterocycles. The predicted octanol–water partition coefficient (Wildman–Crippen LogP) is 3.26. The number of rotatable bonds is 6. The van der Waals surface area contributed by atoms with Crippen molar-refractivity contribution in [1.82, 2.24) is 9.88 Å². The third-order valence-electron chi connectivity index (χ3n) is 4.63. The molecule has 3 heteroatoms. The van der Waals surface area contributed by atoms with Crippen LogP contribution in [0.5, 0.6) is 0 Å². The van der Waals surface area contributed by atoms with Gasteiger partial charge in [0.25, 0.3) is 0 Å². The minimum atomic E-state index is 0.208. The number of nitrogens with zero attached hydrogens (tertiary/aromatic N) is 2. The first kappa shape index (κ1) is 15.5. The van der Waals surface area contributed by atoms with Crippen molar-refractivity contribution < 1.29 is 0 Å². The molecular formula is C17H29N3. The lowest BCUT2D eigenvalue weighted by atomic mass is 9.80. The van der Waals surface area contributed by atoms with Gasteiger partial charge in [0.15, 0.2) is 0 Å². The summed E-state index contributed by atoms with van der Waals surface area (Å²) in [7, 11) is 0. The van der Waals surface area contributed by atoms with Crippen LogP contribution in [0.4, 0.5) is 0 Å². The van der Waals surface area contributed by atoms with E-state index in [4.69, 9.17) is 5.73 Å². The molecule has 0 saturated heterocycles. The first-order chi connectivity index (χ1) is 9.70. The normalized spacial score (nSPS) is 18.4. The molecule has 0 amide bonds. The fourth-order valence-corrected chi connectivity index (χ4v) is 3.50. The van der Waals surface area contributed by atoms with Crippen LogP contribution in [0.2, 0.25) is 0 Å². The highest BCUT2D eigenvalue weighted by molar-refractivity contribution is 5.10. The van der Waals surface area contributed by atoms with E-state index >= 15 is 0 Å². The summed E-state index contributed by atoms with van der Waals surface area (Å²) in [6, 6.07) is 6.31. The van der Waals surface area contributed by atoms with Gasteiger partial charge in [-0.05, 0) is 44.9 Å². The standard InChI is InChI=1S/C17H29N3/c1-3-12-20(13-16-9-7-8-15(2)19-16)17(14-18)10-5-4-6-11-17/h7-9H,3-6,10-14,18H2,1-2H3. The third-order valence-corrected chi connectivity index (χ3v) is 4.63. The second-order valence-electron chi connectivity index (χ2n) is 6.18. The smallest absolute Gasteiger partial charge is 0.0547 e. The number of hydrogen-bond donors (Lipinski definition) is 1. The van der Waals surface area contributed by atoms with Crippen LogP contribution in [0.25, 0.3) is 0 Å². The lowest BCUT2D eigenvalue weighted by molar-refractivity contribution is 0.0484. The molecule has 0 aromatic carbocycles. The Morgan fingerprint density at radius 2 is 2.00 bits per heavy atom. The van der Waals surface area contributed by atoms with E-state index in [0.717, 1.165) is 25.3 Å². The van der Waals surface area contributed by atoms with E-state index in [1.165, 1.54) is 44.2 Å². The molecule has 2 N–H and O–H groups in total. The fourth-order valence-electron chi connectivity index (χ4n) is 3.50. The van der Waals surface area contributed by atoms with Crippen molar-refractivity contribution in [2.24, 2.45) is 5.73 Å². The first-order valence-corrected chi connectivity index (χ1v) is 8.08. The minimum absolute atomic E-state index is 0.208. The average molecular weight is 275 g/mol. The zero-order valence-corrected chi connectivity index (χ0v) is 13.1. The van der Waals surface area contributed by atoms with Gasteiger partial charge in [0.05, 0.1) is 5.69 Å². The van der Waals surface area contributed by atoms with Crippen molar-refractivity contribution in [3.05, 3.63) is 29.6 Å². The van der Waals surface area contributed by atoms with E-state index in [-0.39, 0.29) is 5.54 Å². The Labute approximate surface area is 123 Å². The number of pyridine rings is 1. The number of aromatic nitrogens is 1. The summed E-state index contributed by atoms with van der Waals surface area (Å²) < 4.78 is 0. The molecule has 0 atom stereocenters. The molecule has 1 aromatic heterocycles. The molecule has 1 fully saturated rings. The van der Waals surface area contributed by atoms with Crippen molar-refractivity contribution in [2.45, 2.75) is 64.5 Å². The molecule has 0 radical (unpaired) electrons. The van der Waals surface area contributed by atoms with Gasteiger partial charge in [-0.25, -0.2) is 0 Å². The van der Waals surface area contributed by atoms with Gasteiger partial charge in [-0.2, -0.15) is 0 Å². The predicted molar refractivity (Wildman–Crippen MR) is 84.5 cm³/mol. The van der Waals surface area contributed by atoms with E-state index in [9.17, 15) is 0 Å². The Morgan fingerprint density at radius 1 is 1.25 bits per heavy atom. The van der Waals surface area contributed by atoms with Gasteiger partial charge in [0.2, 0.25) is 0 Å². The van der Waals surface area contributed by atoms with Crippen LogP contribution in [0, 0.1) is 6.92 Å². The maximum Gasteiger partial charge on any atom is 0.0547 e. The molecule has 1 aliphatic rings. The highest BCUT2D eigenvalue weighted by atomic mass is 15.2. The quantitative estimate of drug-likeness (QED) is 0.866. The summed E-state index contributed by atoms with van der Waals surface area (Å²) in [5.74, 6) is 0. The van der Waals surface area contributed by atoms with E-state index in [2.05, 4.69) is 41.9 Å². The summed E-state index contributed by atoms with van der Waals surface area (Å²) >= 11 is 0. The Hall–Kier alpha value is -0.930. The van der Waals surface area contributed by atoms with E-state index in [0.29, 0.717) is 0 Å². The van der Waals surface area contributed by atoms with Gasteiger partial charge in [0.1, 0.15) is 0 Å². The monoisotopic (exact) mass is 275 g/mol. The second-order valence-corrected chi connectivity index (χ2v) is 6.18. The zero-order chi connectivity index (χ0) is 14.4. The van der Waals surface area contributed by atoms with Crippen LogP contribution in [-0.2, 0) is 6.54 Å². The Balaban J connectivity index is 2.16. The minimum Gasteiger partial charge on any atom is -0.329 e. The fraction of sp³-hybridized carbons (Fsp3) is 0.706. The van der Waals surface area contributed by atoms with Crippen molar-refractivity contribution in [3.8, 4) is 0 Å². The number of nitrogens with two attached hydrogens (primary N) is 1. The number of aryl methyl sites for hydroxylation is 1. The molecule has 0 unspecified atom stereocenters. The van der Waals surface area contributed by atoms with Crippen LogP contribution < -0.4 is 5.73 Å². The molecule has 0 bridgehead atoms. The van der Waals surface area contributed by atoms with Crippen LogP contribution in [0.3, 0.4) is 0 Å². The van der Waals surface area contributed by atoms with Gasteiger partial charge in [0, 0.05) is 24.3 Å². The molecule has 1 aliphatic carbocycles. The van der Waals surface area contributed by atoms with Crippen LogP contribution in [0.15, 0.2) is 18.2 Å². The molecule has 1 saturated carbocycles. The zero-order valence-electron chi connectivity index (χ0n) is 13.1. The molecule has 0 spiro atoms. The van der Waals surface area contributed by atoms with Crippen LogP contribution >= 0.6 is 0 Å². The topological polar surface area (TPSA) is 42.2 Å². The molecule has 3 nitrogen and oxygen atoms in total.